The molecule has 0 spiro atoms. The molecule has 0 aliphatic heterocycles. The Bertz CT molecular complexity index is 585. The molecule has 1 aromatic rings. The molecule has 2 aliphatic carbocycles. The smallest absolute Gasteiger partial charge is 0.268 e. The summed E-state index contributed by atoms with van der Waals surface area (Å²) in [5.41, 5.74) is 7.27. The van der Waals surface area contributed by atoms with E-state index in [4.69, 9.17) is 5.73 Å². The van der Waals surface area contributed by atoms with Crippen LogP contribution >= 0.6 is 12.4 Å². The Morgan fingerprint density at radius 1 is 1.26 bits per heavy atom. The third-order valence-corrected chi connectivity index (χ3v) is 5.32. The first-order valence-electron chi connectivity index (χ1n) is 8.19. The van der Waals surface area contributed by atoms with Crippen LogP contribution in [0.4, 0.5) is 0 Å². The molecule has 5 nitrogen and oxygen atoms in total. The average Bonchev–Trinajstić information content (AvgIpc) is 2.82. The molecule has 3 rings (SSSR count). The lowest BCUT2D eigenvalue weighted by Crippen LogP contribution is -2.53. The van der Waals surface area contributed by atoms with Crippen molar-refractivity contribution in [1.29, 1.82) is 0 Å². The highest BCUT2D eigenvalue weighted by atomic mass is 35.5. The summed E-state index contributed by atoms with van der Waals surface area (Å²) in [6.07, 6.45) is 7.28. The van der Waals surface area contributed by atoms with E-state index < -0.39 is 0 Å². The van der Waals surface area contributed by atoms with Crippen molar-refractivity contribution in [2.24, 2.45) is 24.6 Å². The summed E-state index contributed by atoms with van der Waals surface area (Å²) >= 11 is 0. The normalized spacial score (nSPS) is 29.5. The van der Waals surface area contributed by atoms with Gasteiger partial charge < -0.3 is 15.6 Å². The van der Waals surface area contributed by atoms with Gasteiger partial charge in [0.25, 0.3) is 5.91 Å². The van der Waals surface area contributed by atoms with Gasteiger partial charge in [-0.15, -0.1) is 12.4 Å². The zero-order valence-electron chi connectivity index (χ0n) is 13.7. The summed E-state index contributed by atoms with van der Waals surface area (Å²) in [7, 11) is 1.80. The van der Waals surface area contributed by atoms with Crippen molar-refractivity contribution in [3.8, 4) is 0 Å². The number of Topliss-reactive ketones (excluding diaryl/α,β-unsaturated/α-hetero) is 1. The highest BCUT2D eigenvalue weighted by Gasteiger charge is 2.40. The largest absolute Gasteiger partial charge is 0.347 e. The molecule has 1 amide bonds. The van der Waals surface area contributed by atoms with E-state index in [0.29, 0.717) is 23.1 Å². The number of amides is 1. The number of hydrogen-bond donors (Lipinski definition) is 2. The maximum absolute atomic E-state index is 12.6. The maximum atomic E-state index is 12.6. The first-order chi connectivity index (χ1) is 10.5. The number of halogens is 1. The standard InChI is InChI=1S/C17H25N3O2.ClH/c1-10(21)13-8-15(20(2)9-13)17(22)19-16-11-4-3-5-12(16)7-14(18)6-11;/h8-9,11-12,14,16H,3-7,18H2,1-2H3,(H,19,22);1H. The molecular formula is C17H26ClN3O2. The van der Waals surface area contributed by atoms with Crippen LogP contribution in [-0.2, 0) is 7.05 Å². The quantitative estimate of drug-likeness (QED) is 0.829. The van der Waals surface area contributed by atoms with Crippen molar-refractivity contribution in [1.82, 2.24) is 9.88 Å². The van der Waals surface area contributed by atoms with Crippen LogP contribution in [-0.4, -0.2) is 28.3 Å². The van der Waals surface area contributed by atoms with E-state index in [-0.39, 0.29) is 36.2 Å². The number of aryl methyl sites for hydroxylation is 1. The van der Waals surface area contributed by atoms with Crippen molar-refractivity contribution in [2.45, 2.75) is 51.1 Å². The number of aromatic nitrogens is 1. The number of fused-ring (bicyclic) bond motifs is 2. The van der Waals surface area contributed by atoms with Gasteiger partial charge in [-0.2, -0.15) is 0 Å². The van der Waals surface area contributed by atoms with Gasteiger partial charge in [-0.25, -0.2) is 0 Å². The number of carbonyl (C=O) groups is 2. The minimum absolute atomic E-state index is 0. The summed E-state index contributed by atoms with van der Waals surface area (Å²) in [4.78, 5) is 24.1. The number of carbonyl (C=O) groups excluding carboxylic acids is 2. The van der Waals surface area contributed by atoms with Gasteiger partial charge in [0.1, 0.15) is 5.69 Å². The molecule has 2 aliphatic rings. The number of nitrogens with two attached hydrogens (primary N) is 1. The summed E-state index contributed by atoms with van der Waals surface area (Å²) < 4.78 is 1.73. The summed E-state index contributed by atoms with van der Waals surface area (Å²) in [5.74, 6) is 0.903. The summed E-state index contributed by atoms with van der Waals surface area (Å²) in [6, 6.07) is 2.20. The van der Waals surface area contributed by atoms with Crippen molar-refractivity contribution in [3.63, 3.8) is 0 Å². The van der Waals surface area contributed by atoms with E-state index in [1.807, 2.05) is 0 Å². The minimum atomic E-state index is -0.0765. The van der Waals surface area contributed by atoms with Gasteiger partial charge in [0.15, 0.2) is 5.78 Å². The van der Waals surface area contributed by atoms with Crippen LogP contribution < -0.4 is 11.1 Å². The number of nitrogens with one attached hydrogen (secondary N) is 1. The van der Waals surface area contributed by atoms with Crippen LogP contribution in [0.2, 0.25) is 0 Å². The van der Waals surface area contributed by atoms with Gasteiger partial charge in [-0.05, 0) is 50.5 Å². The average molecular weight is 340 g/mol. The Balaban J connectivity index is 0.00000192. The fraction of sp³-hybridized carbons (Fsp3) is 0.647. The topological polar surface area (TPSA) is 77.1 Å². The lowest BCUT2D eigenvalue weighted by Gasteiger charge is -2.45. The molecule has 2 fully saturated rings. The molecule has 2 unspecified atom stereocenters. The lowest BCUT2D eigenvalue weighted by atomic mass is 9.67. The second-order valence-electron chi connectivity index (χ2n) is 6.96. The molecule has 6 heteroatoms. The Kier molecular flexibility index (Phi) is 5.53. The second-order valence-corrected chi connectivity index (χ2v) is 6.96. The van der Waals surface area contributed by atoms with E-state index >= 15 is 0 Å². The number of ketones is 1. The maximum Gasteiger partial charge on any atom is 0.268 e. The van der Waals surface area contributed by atoms with Crippen LogP contribution in [0.3, 0.4) is 0 Å². The predicted octanol–water partition coefficient (Wildman–Crippen LogP) is 2.29. The number of nitrogens with zero attached hydrogens (tertiary/aromatic N) is 1. The van der Waals surface area contributed by atoms with Gasteiger partial charge in [0.2, 0.25) is 0 Å². The molecule has 2 atom stereocenters. The molecule has 1 aromatic heterocycles. The first-order valence-corrected chi connectivity index (χ1v) is 8.19. The highest BCUT2D eigenvalue weighted by Crippen LogP contribution is 2.39. The Labute approximate surface area is 143 Å². The van der Waals surface area contributed by atoms with Gasteiger partial charge in [0.05, 0.1) is 0 Å². The Morgan fingerprint density at radius 3 is 2.39 bits per heavy atom. The molecule has 1 heterocycles. The minimum Gasteiger partial charge on any atom is -0.347 e. The van der Waals surface area contributed by atoms with Crippen molar-refractivity contribution in [2.75, 3.05) is 0 Å². The molecule has 23 heavy (non-hydrogen) atoms. The number of hydrogen-bond acceptors (Lipinski definition) is 3. The fourth-order valence-electron chi connectivity index (χ4n) is 4.23. The summed E-state index contributed by atoms with van der Waals surface area (Å²) in [6.45, 7) is 1.52. The zero-order chi connectivity index (χ0) is 15.9. The van der Waals surface area contributed by atoms with Gasteiger partial charge in [-0.3, -0.25) is 9.59 Å². The van der Waals surface area contributed by atoms with Crippen LogP contribution in [0.5, 0.6) is 0 Å². The second kappa shape index (κ2) is 7.05. The molecule has 0 radical (unpaired) electrons. The van der Waals surface area contributed by atoms with Crippen LogP contribution in [0.1, 0.15) is 59.9 Å². The van der Waals surface area contributed by atoms with Gasteiger partial charge in [-0.1, -0.05) is 6.42 Å². The predicted molar refractivity (Wildman–Crippen MR) is 92.0 cm³/mol. The highest BCUT2D eigenvalue weighted by molar-refractivity contribution is 5.99. The third-order valence-electron chi connectivity index (χ3n) is 5.32. The zero-order valence-corrected chi connectivity index (χ0v) is 14.6. The SMILES string of the molecule is CC(=O)c1cc(C(=O)NC2C3CCCC2CC(N)C3)n(C)c1.Cl. The molecule has 0 aromatic carbocycles. The van der Waals surface area contributed by atoms with Crippen LogP contribution in [0.15, 0.2) is 12.3 Å². The first kappa shape index (κ1) is 18.0. The van der Waals surface area contributed by atoms with E-state index in [1.54, 1.807) is 23.9 Å². The van der Waals surface area contributed by atoms with Crippen molar-refractivity contribution < 1.29 is 9.59 Å². The van der Waals surface area contributed by atoms with Gasteiger partial charge in [0, 0.05) is 30.9 Å². The van der Waals surface area contributed by atoms with Crippen LogP contribution in [0.25, 0.3) is 0 Å². The molecule has 3 N–H and O–H groups in total. The van der Waals surface area contributed by atoms with Crippen molar-refractivity contribution >= 4 is 24.1 Å². The molecule has 2 bridgehead atoms. The van der Waals surface area contributed by atoms with E-state index in [9.17, 15) is 9.59 Å². The van der Waals surface area contributed by atoms with Crippen LogP contribution in [0, 0.1) is 11.8 Å². The number of rotatable bonds is 3. The van der Waals surface area contributed by atoms with E-state index in [1.165, 1.54) is 13.3 Å². The lowest BCUT2D eigenvalue weighted by molar-refractivity contribution is 0.0749. The van der Waals surface area contributed by atoms with Crippen molar-refractivity contribution in [3.05, 3.63) is 23.5 Å². The molecular weight excluding hydrogens is 314 g/mol. The Morgan fingerprint density at radius 2 is 1.87 bits per heavy atom. The monoisotopic (exact) mass is 339 g/mol. The van der Waals surface area contributed by atoms with E-state index in [2.05, 4.69) is 5.32 Å². The Hall–Kier alpha value is -1.33. The summed E-state index contributed by atoms with van der Waals surface area (Å²) in [5, 5.41) is 3.22. The van der Waals surface area contributed by atoms with E-state index in [0.717, 1.165) is 25.7 Å². The fourth-order valence-corrected chi connectivity index (χ4v) is 4.23. The molecule has 128 valence electrons. The third kappa shape index (κ3) is 3.61. The molecule has 2 saturated carbocycles. The molecule has 0 saturated heterocycles. The van der Waals surface area contributed by atoms with Gasteiger partial charge >= 0.3 is 0 Å².